The molecule has 0 N–H and O–H groups in total. The Hall–Kier alpha value is -4.25. The summed E-state index contributed by atoms with van der Waals surface area (Å²) < 4.78 is 80.1. The molecule has 0 bridgehead atoms. The molecule has 0 aliphatic heterocycles. The van der Waals surface area contributed by atoms with Crippen molar-refractivity contribution in [2.75, 3.05) is 7.11 Å². The maximum absolute atomic E-state index is 14.5. The van der Waals surface area contributed by atoms with Crippen molar-refractivity contribution >= 4 is 5.97 Å². The van der Waals surface area contributed by atoms with Crippen LogP contribution in [0.15, 0.2) is 78.9 Å². The Bertz CT molecular complexity index is 1490. The summed E-state index contributed by atoms with van der Waals surface area (Å²) in [6.07, 6.45) is -3.31. The SMILES string of the molecule is CCCCn1c(-c2ccccc2)nc(C(F)(F)F)c1CN(Cc1ccc(C(=O)OC)cc1)Cc1cccc(OC(F)F)c1. The predicted molar refractivity (Wildman–Crippen MR) is 151 cm³/mol. The zero-order chi connectivity index (χ0) is 31.0. The molecule has 11 heteroatoms. The Kier molecular flexibility index (Phi) is 10.5. The van der Waals surface area contributed by atoms with Gasteiger partial charge in [0.2, 0.25) is 0 Å². The lowest BCUT2D eigenvalue weighted by molar-refractivity contribution is -0.141. The van der Waals surface area contributed by atoms with Gasteiger partial charge in [-0.2, -0.15) is 22.0 Å². The minimum atomic E-state index is -4.71. The average Bonchev–Trinajstić information content (AvgIpc) is 3.34. The van der Waals surface area contributed by atoms with Crippen LogP contribution in [0.5, 0.6) is 5.75 Å². The van der Waals surface area contributed by atoms with Gasteiger partial charge in [0.05, 0.1) is 18.4 Å². The number of esters is 1. The number of imidazole rings is 1. The Morgan fingerprint density at radius 1 is 0.930 bits per heavy atom. The van der Waals surface area contributed by atoms with Crippen LogP contribution in [0.25, 0.3) is 11.4 Å². The predicted octanol–water partition coefficient (Wildman–Crippen LogP) is 7.96. The zero-order valence-electron chi connectivity index (χ0n) is 23.8. The Labute approximate surface area is 246 Å². The lowest BCUT2D eigenvalue weighted by Crippen LogP contribution is -2.26. The molecule has 4 aromatic rings. The fourth-order valence-electron chi connectivity index (χ4n) is 4.82. The number of carbonyl (C=O) groups is 1. The van der Waals surface area contributed by atoms with Crippen LogP contribution in [0.4, 0.5) is 22.0 Å². The number of methoxy groups -OCH3 is 1. The molecule has 6 nitrogen and oxygen atoms in total. The van der Waals surface area contributed by atoms with E-state index in [4.69, 9.17) is 4.74 Å². The van der Waals surface area contributed by atoms with Crippen LogP contribution >= 0.6 is 0 Å². The molecule has 1 heterocycles. The van der Waals surface area contributed by atoms with Crippen molar-refractivity contribution in [3.63, 3.8) is 0 Å². The average molecular weight is 602 g/mol. The van der Waals surface area contributed by atoms with Crippen LogP contribution in [0.1, 0.15) is 52.6 Å². The number of rotatable bonds is 13. The van der Waals surface area contributed by atoms with Crippen molar-refractivity contribution in [1.29, 1.82) is 0 Å². The van der Waals surface area contributed by atoms with E-state index in [1.165, 1.54) is 19.2 Å². The normalized spacial score (nSPS) is 11.7. The summed E-state index contributed by atoms with van der Waals surface area (Å²) in [5, 5.41) is 0. The lowest BCUT2D eigenvalue weighted by Gasteiger charge is -2.25. The Morgan fingerprint density at radius 3 is 2.26 bits per heavy atom. The summed E-state index contributed by atoms with van der Waals surface area (Å²) in [5.41, 5.74) is 1.23. The summed E-state index contributed by atoms with van der Waals surface area (Å²) in [5.74, 6) is -0.335. The van der Waals surface area contributed by atoms with Gasteiger partial charge in [0.25, 0.3) is 0 Å². The number of aromatic nitrogens is 2. The van der Waals surface area contributed by atoms with Crippen LogP contribution in [0.2, 0.25) is 0 Å². The lowest BCUT2D eigenvalue weighted by atomic mass is 10.1. The highest BCUT2D eigenvalue weighted by atomic mass is 19.4. The van der Waals surface area contributed by atoms with E-state index in [1.54, 1.807) is 76.2 Å². The molecule has 0 saturated heterocycles. The fourth-order valence-corrected chi connectivity index (χ4v) is 4.82. The van der Waals surface area contributed by atoms with Gasteiger partial charge >= 0.3 is 18.8 Å². The molecule has 3 aromatic carbocycles. The molecule has 0 atom stereocenters. The number of carbonyl (C=O) groups excluding carboxylic acids is 1. The zero-order valence-corrected chi connectivity index (χ0v) is 23.8. The molecule has 228 valence electrons. The maximum Gasteiger partial charge on any atom is 0.435 e. The van der Waals surface area contributed by atoms with Crippen LogP contribution in [0, 0.1) is 0 Å². The van der Waals surface area contributed by atoms with Crippen molar-refractivity contribution in [1.82, 2.24) is 14.5 Å². The third-order valence-electron chi connectivity index (χ3n) is 6.79. The highest BCUT2D eigenvalue weighted by molar-refractivity contribution is 5.89. The van der Waals surface area contributed by atoms with E-state index in [1.807, 2.05) is 6.92 Å². The van der Waals surface area contributed by atoms with E-state index in [9.17, 15) is 26.7 Å². The van der Waals surface area contributed by atoms with Gasteiger partial charge in [0.15, 0.2) is 5.69 Å². The number of nitrogens with zero attached hydrogens (tertiary/aromatic N) is 3. The second kappa shape index (κ2) is 14.3. The molecule has 43 heavy (non-hydrogen) atoms. The Balaban J connectivity index is 1.77. The first-order valence-corrected chi connectivity index (χ1v) is 13.7. The second-order valence-electron chi connectivity index (χ2n) is 9.96. The first kappa shape index (κ1) is 31.7. The Morgan fingerprint density at radius 2 is 1.63 bits per heavy atom. The third kappa shape index (κ3) is 8.41. The van der Waals surface area contributed by atoms with Gasteiger partial charge < -0.3 is 14.0 Å². The third-order valence-corrected chi connectivity index (χ3v) is 6.79. The molecular weight excluding hydrogens is 569 g/mol. The monoisotopic (exact) mass is 601 g/mol. The summed E-state index contributed by atoms with van der Waals surface area (Å²) >= 11 is 0. The number of ether oxygens (including phenoxy) is 2. The van der Waals surface area contributed by atoms with Crippen molar-refractivity contribution in [3.8, 4) is 17.1 Å². The van der Waals surface area contributed by atoms with E-state index >= 15 is 0 Å². The number of unbranched alkanes of at least 4 members (excludes halogenated alkanes) is 1. The van der Waals surface area contributed by atoms with Gasteiger partial charge in [-0.1, -0.05) is 67.9 Å². The van der Waals surface area contributed by atoms with Gasteiger partial charge in [-0.05, 0) is 41.8 Å². The summed E-state index contributed by atoms with van der Waals surface area (Å²) in [6.45, 7) is -0.551. The smallest absolute Gasteiger partial charge is 0.435 e. The molecule has 0 unspecified atom stereocenters. The maximum atomic E-state index is 14.5. The molecule has 1 aromatic heterocycles. The van der Waals surface area contributed by atoms with Crippen LogP contribution in [-0.2, 0) is 37.1 Å². The minimum absolute atomic E-state index is 0.00553. The minimum Gasteiger partial charge on any atom is -0.465 e. The van der Waals surface area contributed by atoms with Gasteiger partial charge in [0, 0.05) is 31.7 Å². The highest BCUT2D eigenvalue weighted by Crippen LogP contribution is 2.36. The topological polar surface area (TPSA) is 56.6 Å². The van der Waals surface area contributed by atoms with E-state index < -0.39 is 24.5 Å². The standard InChI is InChI=1S/C32H32F5N3O3/c1-3-4-17-40-27(28(32(35,36)37)38-29(40)24-10-6-5-7-11-24)21-39(19-22-13-15-25(16-14-22)30(41)42-2)20-23-9-8-12-26(18-23)43-31(33)34/h5-16,18,31H,3-4,17,19-21H2,1-2H3. The molecule has 0 radical (unpaired) electrons. The van der Waals surface area contributed by atoms with Crippen LogP contribution < -0.4 is 4.74 Å². The highest BCUT2D eigenvalue weighted by Gasteiger charge is 2.39. The fraction of sp³-hybridized carbons (Fsp3) is 0.312. The number of halogens is 5. The number of hydrogen-bond acceptors (Lipinski definition) is 5. The number of benzene rings is 3. The van der Waals surface area contributed by atoms with Gasteiger partial charge in [-0.15, -0.1) is 0 Å². The molecule has 0 saturated carbocycles. The van der Waals surface area contributed by atoms with Gasteiger partial charge in [-0.3, -0.25) is 4.90 Å². The molecule has 0 fully saturated rings. The quantitative estimate of drug-likeness (QED) is 0.115. The molecule has 4 rings (SSSR count). The number of alkyl halides is 5. The van der Waals surface area contributed by atoms with Crippen molar-refractivity contribution in [2.45, 2.75) is 58.7 Å². The van der Waals surface area contributed by atoms with Crippen molar-refractivity contribution < 1.29 is 36.2 Å². The molecule has 0 aliphatic rings. The van der Waals surface area contributed by atoms with E-state index in [0.717, 1.165) is 12.0 Å². The molecular formula is C32H32F5N3O3. The van der Waals surface area contributed by atoms with Crippen molar-refractivity contribution in [3.05, 3.63) is 107 Å². The van der Waals surface area contributed by atoms with Gasteiger partial charge in [0.1, 0.15) is 11.6 Å². The van der Waals surface area contributed by atoms with Crippen molar-refractivity contribution in [2.24, 2.45) is 0 Å². The second-order valence-corrected chi connectivity index (χ2v) is 9.96. The molecule has 0 aliphatic carbocycles. The summed E-state index contributed by atoms with van der Waals surface area (Å²) in [7, 11) is 1.27. The van der Waals surface area contributed by atoms with E-state index in [2.05, 4.69) is 9.72 Å². The molecule has 0 amide bonds. The van der Waals surface area contributed by atoms with Crippen LogP contribution in [0.3, 0.4) is 0 Å². The number of hydrogen-bond donors (Lipinski definition) is 0. The first-order chi connectivity index (χ1) is 20.6. The van der Waals surface area contributed by atoms with E-state index in [0.29, 0.717) is 29.7 Å². The first-order valence-electron chi connectivity index (χ1n) is 13.7. The van der Waals surface area contributed by atoms with Gasteiger partial charge in [-0.25, -0.2) is 9.78 Å². The molecule has 0 spiro atoms. The van der Waals surface area contributed by atoms with Crippen LogP contribution in [-0.4, -0.2) is 34.1 Å². The van der Waals surface area contributed by atoms with E-state index in [-0.39, 0.29) is 36.9 Å². The summed E-state index contributed by atoms with van der Waals surface area (Å²) in [6, 6.07) is 21.4. The summed E-state index contributed by atoms with van der Waals surface area (Å²) in [4.78, 5) is 17.8. The largest absolute Gasteiger partial charge is 0.465 e.